The maximum absolute atomic E-state index is 12.2. The highest BCUT2D eigenvalue weighted by Gasteiger charge is 2.28. The number of aromatic hydroxyl groups is 1. The van der Waals surface area contributed by atoms with Crippen LogP contribution in [0.25, 0.3) is 0 Å². The molecular formula is C16H15BrN2O4S. The van der Waals surface area contributed by atoms with Crippen molar-refractivity contribution in [3.63, 3.8) is 0 Å². The number of phenols is 1. The van der Waals surface area contributed by atoms with Gasteiger partial charge in [-0.1, -0.05) is 18.2 Å². The van der Waals surface area contributed by atoms with E-state index in [4.69, 9.17) is 0 Å². The van der Waals surface area contributed by atoms with Gasteiger partial charge >= 0.3 is 6.03 Å². The highest BCUT2D eigenvalue weighted by Crippen LogP contribution is 2.38. The van der Waals surface area contributed by atoms with Crippen LogP contribution in [-0.2, 0) is 16.3 Å². The van der Waals surface area contributed by atoms with Crippen LogP contribution in [0, 0.1) is 0 Å². The summed E-state index contributed by atoms with van der Waals surface area (Å²) in [6, 6.07) is 9.62. The summed E-state index contributed by atoms with van der Waals surface area (Å²) in [5.74, 6) is -0.408. The summed E-state index contributed by atoms with van der Waals surface area (Å²) in [6.07, 6.45) is 1.12. The van der Waals surface area contributed by atoms with Crippen molar-refractivity contribution in [2.75, 3.05) is 16.4 Å². The number of rotatable bonds is 2. The summed E-state index contributed by atoms with van der Waals surface area (Å²) in [5, 5.41) is 15.4. The number of anilines is 2. The lowest BCUT2D eigenvalue weighted by Crippen LogP contribution is -2.21. The van der Waals surface area contributed by atoms with Gasteiger partial charge < -0.3 is 15.7 Å². The first-order valence-electron chi connectivity index (χ1n) is 7.28. The Bertz CT molecular complexity index is 912. The maximum atomic E-state index is 12.2. The third kappa shape index (κ3) is 3.25. The van der Waals surface area contributed by atoms with Gasteiger partial charge in [0, 0.05) is 4.47 Å². The van der Waals surface area contributed by atoms with Gasteiger partial charge in [-0.25, -0.2) is 13.2 Å². The summed E-state index contributed by atoms with van der Waals surface area (Å²) in [5.41, 5.74) is 1.19. The molecule has 6 nitrogen and oxygen atoms in total. The molecule has 1 aliphatic rings. The van der Waals surface area contributed by atoms with E-state index in [-0.39, 0.29) is 16.3 Å². The molecule has 0 unspecified atom stereocenters. The molecule has 0 radical (unpaired) electrons. The Morgan fingerprint density at radius 3 is 2.54 bits per heavy atom. The van der Waals surface area contributed by atoms with Crippen molar-refractivity contribution in [2.24, 2.45) is 0 Å². The number of halogens is 1. The first-order chi connectivity index (χ1) is 11.4. The molecule has 8 heteroatoms. The smallest absolute Gasteiger partial charge is 0.323 e. The van der Waals surface area contributed by atoms with E-state index in [1.165, 1.54) is 6.07 Å². The Morgan fingerprint density at radius 1 is 1.08 bits per heavy atom. The molecule has 0 aromatic heterocycles. The normalized spacial score (nSPS) is 15.4. The number of carbonyl (C=O) groups is 1. The Labute approximate surface area is 147 Å². The van der Waals surface area contributed by atoms with Gasteiger partial charge in [-0.3, -0.25) is 0 Å². The molecule has 3 rings (SSSR count). The quantitative estimate of drug-likeness (QED) is 0.659. The molecule has 0 atom stereocenters. The van der Waals surface area contributed by atoms with E-state index in [0.717, 1.165) is 0 Å². The number of phenolic OH excluding ortho intramolecular Hbond substituents is 1. The number of nitrogens with one attached hydrogen (secondary N) is 2. The van der Waals surface area contributed by atoms with E-state index in [9.17, 15) is 18.3 Å². The molecule has 2 aromatic rings. The minimum Gasteiger partial charge on any atom is -0.504 e. The number of hydrogen-bond acceptors (Lipinski definition) is 4. The molecule has 0 spiro atoms. The average molecular weight is 411 g/mol. The molecular weight excluding hydrogens is 396 g/mol. The van der Waals surface area contributed by atoms with E-state index in [1.807, 2.05) is 6.07 Å². The summed E-state index contributed by atoms with van der Waals surface area (Å²) in [7, 11) is -3.53. The fourth-order valence-electron chi connectivity index (χ4n) is 2.65. The number of carbonyl (C=O) groups excluding carboxylic acids is 1. The molecule has 2 aromatic carbocycles. The van der Waals surface area contributed by atoms with Crippen molar-refractivity contribution in [3.8, 4) is 5.75 Å². The van der Waals surface area contributed by atoms with E-state index >= 15 is 0 Å². The largest absolute Gasteiger partial charge is 0.504 e. The molecule has 0 aliphatic carbocycles. The number of urea groups is 1. The van der Waals surface area contributed by atoms with Crippen molar-refractivity contribution < 1.29 is 18.3 Å². The second kappa shape index (κ2) is 6.45. The molecule has 1 heterocycles. The number of fused-ring (bicyclic) bond motifs is 1. The fraction of sp³-hybridized carbons (Fsp3) is 0.188. The van der Waals surface area contributed by atoms with Crippen molar-refractivity contribution in [1.29, 1.82) is 0 Å². The van der Waals surface area contributed by atoms with Crippen LogP contribution in [0.3, 0.4) is 0 Å². The SMILES string of the molecule is O=C(Nc1ccccc1Br)Nc1ccc2c(c1O)S(=O)(=O)CCC2. The third-order valence-electron chi connectivity index (χ3n) is 3.75. The van der Waals surface area contributed by atoms with Gasteiger partial charge in [0.05, 0.1) is 17.1 Å². The number of hydrogen-bond donors (Lipinski definition) is 3. The molecule has 0 saturated carbocycles. The second-order valence-electron chi connectivity index (χ2n) is 5.43. The zero-order valence-electron chi connectivity index (χ0n) is 12.5. The fourth-order valence-corrected chi connectivity index (χ4v) is 4.74. The standard InChI is InChI=1S/C16H15BrN2O4S/c17-11-5-1-2-6-12(11)18-16(21)19-13-8-7-10-4-3-9-24(22,23)15(10)14(13)20/h1-2,5-8,20H,3-4,9H2,(H2,18,19,21). The highest BCUT2D eigenvalue weighted by atomic mass is 79.9. The Kier molecular flexibility index (Phi) is 4.51. The number of benzene rings is 2. The lowest BCUT2D eigenvalue weighted by molar-refractivity contribution is 0.262. The number of amides is 2. The van der Waals surface area contributed by atoms with Crippen molar-refractivity contribution in [2.45, 2.75) is 17.7 Å². The maximum Gasteiger partial charge on any atom is 0.323 e. The van der Waals surface area contributed by atoms with Gasteiger partial charge in [-0.05, 0) is 52.5 Å². The van der Waals surface area contributed by atoms with Crippen LogP contribution in [0.1, 0.15) is 12.0 Å². The predicted molar refractivity (Wildman–Crippen MR) is 95.3 cm³/mol. The van der Waals surface area contributed by atoms with E-state index in [0.29, 0.717) is 28.6 Å². The number of sulfone groups is 1. The van der Waals surface area contributed by atoms with Gasteiger partial charge in [-0.2, -0.15) is 0 Å². The van der Waals surface area contributed by atoms with E-state index < -0.39 is 21.6 Å². The predicted octanol–water partition coefficient (Wildman–Crippen LogP) is 3.52. The lowest BCUT2D eigenvalue weighted by atomic mass is 10.1. The van der Waals surface area contributed by atoms with E-state index in [2.05, 4.69) is 26.6 Å². The molecule has 1 aliphatic heterocycles. The van der Waals surface area contributed by atoms with Crippen LogP contribution in [0.4, 0.5) is 16.2 Å². The van der Waals surface area contributed by atoms with E-state index in [1.54, 1.807) is 24.3 Å². The van der Waals surface area contributed by atoms with Gasteiger partial charge in [0.1, 0.15) is 4.90 Å². The zero-order valence-corrected chi connectivity index (χ0v) is 14.9. The minimum absolute atomic E-state index is 0.000171. The molecule has 0 fully saturated rings. The van der Waals surface area contributed by atoms with Crippen LogP contribution >= 0.6 is 15.9 Å². The van der Waals surface area contributed by atoms with Gasteiger partial charge in [-0.15, -0.1) is 0 Å². The third-order valence-corrected chi connectivity index (χ3v) is 6.35. The monoisotopic (exact) mass is 410 g/mol. The molecule has 24 heavy (non-hydrogen) atoms. The summed E-state index contributed by atoms with van der Waals surface area (Å²) < 4.78 is 25.1. The van der Waals surface area contributed by atoms with Gasteiger partial charge in [0.15, 0.2) is 15.6 Å². The first-order valence-corrected chi connectivity index (χ1v) is 9.73. The van der Waals surface area contributed by atoms with Crippen LogP contribution in [0.5, 0.6) is 5.75 Å². The molecule has 2 amide bonds. The summed E-state index contributed by atoms with van der Waals surface area (Å²) >= 11 is 3.32. The van der Waals surface area contributed by atoms with Crippen LogP contribution in [0.15, 0.2) is 45.8 Å². The number of para-hydroxylation sites is 1. The van der Waals surface area contributed by atoms with Crippen LogP contribution in [-0.4, -0.2) is 25.3 Å². The van der Waals surface area contributed by atoms with Gasteiger partial charge in [0.2, 0.25) is 0 Å². The average Bonchev–Trinajstić information content (AvgIpc) is 2.51. The lowest BCUT2D eigenvalue weighted by Gasteiger charge is -2.19. The van der Waals surface area contributed by atoms with Crippen LogP contribution in [0.2, 0.25) is 0 Å². The van der Waals surface area contributed by atoms with Gasteiger partial charge in [0.25, 0.3) is 0 Å². The molecule has 3 N–H and O–H groups in total. The Morgan fingerprint density at radius 2 is 1.79 bits per heavy atom. The minimum atomic E-state index is -3.53. The van der Waals surface area contributed by atoms with Crippen molar-refractivity contribution in [3.05, 3.63) is 46.4 Å². The summed E-state index contributed by atoms with van der Waals surface area (Å²) in [4.78, 5) is 12.0. The van der Waals surface area contributed by atoms with Crippen LogP contribution < -0.4 is 10.6 Å². The Hall–Kier alpha value is -2.06. The zero-order chi connectivity index (χ0) is 17.3. The highest BCUT2D eigenvalue weighted by molar-refractivity contribution is 9.10. The van der Waals surface area contributed by atoms with Crippen molar-refractivity contribution >= 4 is 43.2 Å². The summed E-state index contributed by atoms with van der Waals surface area (Å²) in [6.45, 7) is 0. The topological polar surface area (TPSA) is 95.5 Å². The number of aryl methyl sites for hydroxylation is 1. The molecule has 0 bridgehead atoms. The molecule has 0 saturated heterocycles. The van der Waals surface area contributed by atoms with Crippen molar-refractivity contribution in [1.82, 2.24) is 0 Å². The molecule has 126 valence electrons. The first kappa shape index (κ1) is 16.8. The Balaban J connectivity index is 1.86. The second-order valence-corrected chi connectivity index (χ2v) is 8.33.